The summed E-state index contributed by atoms with van der Waals surface area (Å²) in [6, 6.07) is 12.8. The molecule has 1 aliphatic rings. The Morgan fingerprint density at radius 1 is 1.00 bits per heavy atom. The second-order valence-electron chi connectivity index (χ2n) is 4.35. The lowest BCUT2D eigenvalue weighted by Crippen LogP contribution is -2.14. The number of anilines is 1. The third-order valence-electron chi connectivity index (χ3n) is 3.18. The number of hydrogen-bond donors (Lipinski definition) is 2. The first-order valence-electron chi connectivity index (χ1n) is 5.91. The lowest BCUT2D eigenvalue weighted by atomic mass is 10.0. The first kappa shape index (κ1) is 11.5. The van der Waals surface area contributed by atoms with Gasteiger partial charge in [-0.3, -0.25) is 9.59 Å². The number of carboxylic acid groups (broad SMARTS) is 1. The fraction of sp³-hybridized carbons (Fsp3) is 0.0667. The highest BCUT2D eigenvalue weighted by Crippen LogP contribution is 2.39. The molecule has 0 unspecified atom stereocenters. The molecule has 2 aromatic rings. The van der Waals surface area contributed by atoms with Gasteiger partial charge < -0.3 is 10.4 Å². The Balaban J connectivity index is 2.11. The number of hydrogen-bond acceptors (Lipinski definition) is 3. The predicted octanol–water partition coefficient (Wildman–Crippen LogP) is 2.39. The van der Waals surface area contributed by atoms with Crippen molar-refractivity contribution in [1.82, 2.24) is 0 Å². The minimum atomic E-state index is -0.958. The Hall–Kier alpha value is -2.62. The molecule has 0 fully saturated rings. The highest BCUT2D eigenvalue weighted by Gasteiger charge is 2.28. The standard InChI is InChI=1S/C15H11NO3/c17-13(18)8-16-12-7-3-6-10-9-4-1-2-5-11(9)15(19)14(10)12/h1-7,16H,8H2,(H,17,18). The first-order chi connectivity index (χ1) is 9.18. The average Bonchev–Trinajstić information content (AvgIpc) is 2.71. The van der Waals surface area contributed by atoms with Crippen LogP contribution in [0.1, 0.15) is 15.9 Å². The largest absolute Gasteiger partial charge is 0.480 e. The van der Waals surface area contributed by atoms with Gasteiger partial charge in [0.05, 0.1) is 5.56 Å². The summed E-state index contributed by atoms with van der Waals surface area (Å²) in [5, 5.41) is 11.5. The second-order valence-corrected chi connectivity index (χ2v) is 4.35. The van der Waals surface area contributed by atoms with Crippen LogP contribution in [0.3, 0.4) is 0 Å². The van der Waals surface area contributed by atoms with Gasteiger partial charge >= 0.3 is 5.97 Å². The van der Waals surface area contributed by atoms with E-state index < -0.39 is 5.97 Å². The summed E-state index contributed by atoms with van der Waals surface area (Å²) in [5.74, 6) is -1.01. The Labute approximate surface area is 109 Å². The first-order valence-corrected chi connectivity index (χ1v) is 5.91. The van der Waals surface area contributed by atoms with Crippen molar-refractivity contribution >= 4 is 17.4 Å². The topological polar surface area (TPSA) is 66.4 Å². The maximum atomic E-state index is 12.4. The maximum absolute atomic E-state index is 12.4. The van der Waals surface area contributed by atoms with Crippen LogP contribution in [0.4, 0.5) is 5.69 Å². The molecule has 0 aromatic heterocycles. The van der Waals surface area contributed by atoms with Gasteiger partial charge in [-0.05, 0) is 17.2 Å². The summed E-state index contributed by atoms with van der Waals surface area (Å²) in [7, 11) is 0. The monoisotopic (exact) mass is 253 g/mol. The van der Waals surface area contributed by atoms with E-state index in [1.54, 1.807) is 12.1 Å². The van der Waals surface area contributed by atoms with Crippen molar-refractivity contribution in [1.29, 1.82) is 0 Å². The molecular weight excluding hydrogens is 242 g/mol. The van der Waals surface area contributed by atoms with Gasteiger partial charge in [-0.15, -0.1) is 0 Å². The molecular formula is C15H11NO3. The Kier molecular flexibility index (Phi) is 2.56. The molecule has 0 spiro atoms. The third-order valence-corrected chi connectivity index (χ3v) is 3.18. The van der Waals surface area contributed by atoms with Crippen LogP contribution >= 0.6 is 0 Å². The number of nitrogens with one attached hydrogen (secondary N) is 1. The number of carbonyl (C=O) groups excluding carboxylic acids is 1. The van der Waals surface area contributed by atoms with Crippen molar-refractivity contribution in [3.05, 3.63) is 53.6 Å². The van der Waals surface area contributed by atoms with E-state index in [9.17, 15) is 9.59 Å². The lowest BCUT2D eigenvalue weighted by Gasteiger charge is -2.08. The minimum Gasteiger partial charge on any atom is -0.480 e. The van der Waals surface area contributed by atoms with Gasteiger partial charge in [-0.2, -0.15) is 0 Å². The number of benzene rings is 2. The molecule has 0 aliphatic heterocycles. The molecule has 0 heterocycles. The van der Waals surface area contributed by atoms with E-state index in [0.717, 1.165) is 11.1 Å². The Morgan fingerprint density at radius 2 is 1.68 bits per heavy atom. The number of fused-ring (bicyclic) bond motifs is 3. The average molecular weight is 253 g/mol. The maximum Gasteiger partial charge on any atom is 0.322 e. The summed E-state index contributed by atoms with van der Waals surface area (Å²) in [6.07, 6.45) is 0. The fourth-order valence-electron chi connectivity index (χ4n) is 2.39. The quantitative estimate of drug-likeness (QED) is 0.752. The van der Waals surface area contributed by atoms with Gasteiger partial charge in [0.1, 0.15) is 6.54 Å². The predicted molar refractivity (Wildman–Crippen MR) is 71.4 cm³/mol. The SMILES string of the molecule is O=C(O)CNc1cccc2c1C(=O)c1ccccc1-2. The number of carboxylic acids is 1. The number of carbonyl (C=O) groups is 2. The van der Waals surface area contributed by atoms with Crippen LogP contribution in [0, 0.1) is 0 Å². The summed E-state index contributed by atoms with van der Waals surface area (Å²) >= 11 is 0. The van der Waals surface area contributed by atoms with Crippen LogP contribution in [0.2, 0.25) is 0 Å². The van der Waals surface area contributed by atoms with E-state index in [0.29, 0.717) is 16.8 Å². The van der Waals surface area contributed by atoms with E-state index in [1.807, 2.05) is 30.3 Å². The Morgan fingerprint density at radius 3 is 2.42 bits per heavy atom. The molecule has 0 saturated carbocycles. The molecule has 4 nitrogen and oxygen atoms in total. The molecule has 0 amide bonds. The molecule has 2 N–H and O–H groups in total. The van der Waals surface area contributed by atoms with Gasteiger partial charge in [0.25, 0.3) is 0 Å². The van der Waals surface area contributed by atoms with Crippen molar-refractivity contribution in [3.8, 4) is 11.1 Å². The van der Waals surface area contributed by atoms with Crippen LogP contribution in [-0.2, 0) is 4.79 Å². The van der Waals surface area contributed by atoms with E-state index >= 15 is 0 Å². The second kappa shape index (κ2) is 4.24. The van der Waals surface area contributed by atoms with Crippen LogP contribution in [0.5, 0.6) is 0 Å². The van der Waals surface area contributed by atoms with Crippen LogP contribution in [0.15, 0.2) is 42.5 Å². The van der Waals surface area contributed by atoms with Crippen LogP contribution in [-0.4, -0.2) is 23.4 Å². The zero-order valence-electron chi connectivity index (χ0n) is 10.0. The van der Waals surface area contributed by atoms with E-state index in [2.05, 4.69) is 5.32 Å². The normalized spacial score (nSPS) is 11.9. The summed E-state index contributed by atoms with van der Waals surface area (Å²) in [5.41, 5.74) is 3.56. The summed E-state index contributed by atoms with van der Waals surface area (Å²) in [6.45, 7) is -0.208. The van der Waals surface area contributed by atoms with Crippen molar-refractivity contribution in [2.75, 3.05) is 11.9 Å². The molecule has 0 saturated heterocycles. The van der Waals surface area contributed by atoms with E-state index in [1.165, 1.54) is 0 Å². The third kappa shape index (κ3) is 1.78. The van der Waals surface area contributed by atoms with Gasteiger partial charge in [0.15, 0.2) is 5.78 Å². The van der Waals surface area contributed by atoms with Gasteiger partial charge in [0.2, 0.25) is 0 Å². The summed E-state index contributed by atoms with van der Waals surface area (Å²) in [4.78, 5) is 23.0. The summed E-state index contributed by atoms with van der Waals surface area (Å²) < 4.78 is 0. The van der Waals surface area contributed by atoms with E-state index in [-0.39, 0.29) is 12.3 Å². The smallest absolute Gasteiger partial charge is 0.322 e. The molecule has 0 radical (unpaired) electrons. The molecule has 2 aromatic carbocycles. The van der Waals surface area contributed by atoms with Crippen molar-refractivity contribution in [2.24, 2.45) is 0 Å². The van der Waals surface area contributed by atoms with Crippen LogP contribution < -0.4 is 5.32 Å². The molecule has 94 valence electrons. The zero-order valence-corrected chi connectivity index (χ0v) is 10.0. The highest BCUT2D eigenvalue weighted by atomic mass is 16.4. The number of ketones is 1. The molecule has 3 rings (SSSR count). The number of rotatable bonds is 3. The molecule has 0 atom stereocenters. The van der Waals surface area contributed by atoms with Gasteiger partial charge in [-0.25, -0.2) is 0 Å². The van der Waals surface area contributed by atoms with Crippen molar-refractivity contribution < 1.29 is 14.7 Å². The molecule has 4 heteroatoms. The van der Waals surface area contributed by atoms with Gasteiger partial charge in [0, 0.05) is 11.3 Å². The minimum absolute atomic E-state index is 0.0564. The Bertz CT molecular complexity index is 692. The highest BCUT2D eigenvalue weighted by molar-refractivity contribution is 6.24. The molecule has 1 aliphatic carbocycles. The zero-order chi connectivity index (χ0) is 13.4. The fourth-order valence-corrected chi connectivity index (χ4v) is 2.39. The van der Waals surface area contributed by atoms with Crippen molar-refractivity contribution in [3.63, 3.8) is 0 Å². The lowest BCUT2D eigenvalue weighted by molar-refractivity contribution is -0.134. The molecule has 19 heavy (non-hydrogen) atoms. The number of aliphatic carboxylic acids is 1. The van der Waals surface area contributed by atoms with Crippen molar-refractivity contribution in [2.45, 2.75) is 0 Å². The van der Waals surface area contributed by atoms with E-state index in [4.69, 9.17) is 5.11 Å². The van der Waals surface area contributed by atoms with Gasteiger partial charge in [-0.1, -0.05) is 36.4 Å². The van der Waals surface area contributed by atoms with Crippen LogP contribution in [0.25, 0.3) is 11.1 Å². The molecule has 0 bridgehead atoms.